The summed E-state index contributed by atoms with van der Waals surface area (Å²) in [6.45, 7) is 3.94. The molecule has 2 aliphatic rings. The summed E-state index contributed by atoms with van der Waals surface area (Å²) in [5, 5.41) is 7.04. The molecule has 1 saturated heterocycles. The fourth-order valence-corrected chi connectivity index (χ4v) is 3.20. The summed E-state index contributed by atoms with van der Waals surface area (Å²) in [5.74, 6) is 1.59. The van der Waals surface area contributed by atoms with Gasteiger partial charge in [-0.15, -0.1) is 0 Å². The Kier molecular flexibility index (Phi) is 3.56. The van der Waals surface area contributed by atoms with Crippen LogP contribution in [0.5, 0.6) is 0 Å². The van der Waals surface area contributed by atoms with E-state index >= 15 is 0 Å². The van der Waals surface area contributed by atoms with Gasteiger partial charge in [0.25, 0.3) is 5.91 Å². The lowest BCUT2D eigenvalue weighted by Gasteiger charge is -2.18. The predicted molar refractivity (Wildman–Crippen MR) is 87.6 cm³/mol. The molecule has 2 aromatic rings. The highest BCUT2D eigenvalue weighted by molar-refractivity contribution is 5.92. The van der Waals surface area contributed by atoms with Gasteiger partial charge in [-0.05, 0) is 30.9 Å². The maximum absolute atomic E-state index is 12.4. The maximum Gasteiger partial charge on any atom is 0.273 e. The van der Waals surface area contributed by atoms with Crippen molar-refractivity contribution in [1.29, 1.82) is 0 Å². The minimum absolute atomic E-state index is 0.129. The van der Waals surface area contributed by atoms with E-state index in [4.69, 9.17) is 4.52 Å². The molecule has 0 bridgehead atoms. The van der Waals surface area contributed by atoms with E-state index in [1.54, 1.807) is 6.07 Å². The van der Waals surface area contributed by atoms with Crippen LogP contribution >= 0.6 is 0 Å². The SMILES string of the molecule is C[C@@H]1CN(c2ccccc2)C[C@@H]1NC(=O)c1cc(C2CC2)on1. The van der Waals surface area contributed by atoms with E-state index in [2.05, 4.69) is 34.4 Å². The third-order valence-corrected chi connectivity index (χ3v) is 4.79. The number of carbonyl (C=O) groups is 1. The van der Waals surface area contributed by atoms with Crippen LogP contribution in [0.1, 0.15) is 41.9 Å². The van der Waals surface area contributed by atoms with Gasteiger partial charge in [0.1, 0.15) is 5.76 Å². The Bertz CT molecular complexity index is 693. The van der Waals surface area contributed by atoms with Gasteiger partial charge < -0.3 is 14.7 Å². The molecular formula is C18H21N3O2. The van der Waals surface area contributed by atoms with Gasteiger partial charge in [-0.3, -0.25) is 4.79 Å². The number of aromatic nitrogens is 1. The quantitative estimate of drug-likeness (QED) is 0.943. The van der Waals surface area contributed by atoms with Crippen LogP contribution in [0, 0.1) is 5.92 Å². The second-order valence-corrected chi connectivity index (χ2v) is 6.69. The van der Waals surface area contributed by atoms with Gasteiger partial charge in [-0.25, -0.2) is 0 Å². The molecule has 2 heterocycles. The van der Waals surface area contributed by atoms with E-state index in [0.717, 1.165) is 31.7 Å². The topological polar surface area (TPSA) is 58.4 Å². The summed E-state index contributed by atoms with van der Waals surface area (Å²) < 4.78 is 5.27. The van der Waals surface area contributed by atoms with E-state index in [1.165, 1.54) is 5.69 Å². The summed E-state index contributed by atoms with van der Waals surface area (Å²) >= 11 is 0. The number of benzene rings is 1. The first kappa shape index (κ1) is 14.3. The molecule has 23 heavy (non-hydrogen) atoms. The zero-order valence-corrected chi connectivity index (χ0v) is 13.2. The maximum atomic E-state index is 12.4. The molecule has 0 unspecified atom stereocenters. The highest BCUT2D eigenvalue weighted by atomic mass is 16.5. The number of hydrogen-bond donors (Lipinski definition) is 1. The Morgan fingerprint density at radius 3 is 2.78 bits per heavy atom. The van der Waals surface area contributed by atoms with Crippen molar-refractivity contribution in [3.05, 3.63) is 47.9 Å². The first-order chi connectivity index (χ1) is 11.2. The average Bonchev–Trinajstić information content (AvgIpc) is 3.18. The Hall–Kier alpha value is -2.30. The van der Waals surface area contributed by atoms with E-state index in [0.29, 0.717) is 17.5 Å². The van der Waals surface area contributed by atoms with Gasteiger partial charge in [-0.2, -0.15) is 0 Å². The number of amides is 1. The molecule has 5 heteroatoms. The summed E-state index contributed by atoms with van der Waals surface area (Å²) in [7, 11) is 0. The molecule has 1 aromatic heterocycles. The van der Waals surface area contributed by atoms with Crippen molar-refractivity contribution in [2.24, 2.45) is 5.92 Å². The average molecular weight is 311 g/mol. The van der Waals surface area contributed by atoms with E-state index in [1.807, 2.05) is 18.2 Å². The number of para-hydroxylation sites is 1. The number of carbonyl (C=O) groups excluding carboxylic acids is 1. The number of nitrogens with one attached hydrogen (secondary N) is 1. The van der Waals surface area contributed by atoms with Gasteiger partial charge in [0.05, 0.1) is 6.04 Å². The standard InChI is InChI=1S/C18H21N3O2/c1-12-10-21(14-5-3-2-4-6-14)11-16(12)19-18(22)15-9-17(23-20-15)13-7-8-13/h2-6,9,12-13,16H,7-8,10-11H2,1H3,(H,19,22)/t12-,16+/m1/s1. The highest BCUT2D eigenvalue weighted by Crippen LogP contribution is 2.40. The van der Waals surface area contributed by atoms with Crippen molar-refractivity contribution >= 4 is 11.6 Å². The highest BCUT2D eigenvalue weighted by Gasteiger charge is 2.33. The van der Waals surface area contributed by atoms with Crippen LogP contribution in [-0.2, 0) is 0 Å². The minimum Gasteiger partial charge on any atom is -0.369 e. The fourth-order valence-electron chi connectivity index (χ4n) is 3.20. The first-order valence-corrected chi connectivity index (χ1v) is 8.28. The Morgan fingerprint density at radius 1 is 1.26 bits per heavy atom. The lowest BCUT2D eigenvalue weighted by Crippen LogP contribution is -2.40. The van der Waals surface area contributed by atoms with Gasteiger partial charge in [0, 0.05) is 30.8 Å². The Balaban J connectivity index is 1.40. The molecule has 1 aliphatic carbocycles. The molecule has 1 N–H and O–H groups in total. The van der Waals surface area contributed by atoms with Crippen molar-refractivity contribution in [3.8, 4) is 0 Å². The molecule has 2 atom stereocenters. The smallest absolute Gasteiger partial charge is 0.273 e. The number of anilines is 1. The fraction of sp³-hybridized carbons (Fsp3) is 0.444. The first-order valence-electron chi connectivity index (χ1n) is 8.28. The largest absolute Gasteiger partial charge is 0.369 e. The van der Waals surface area contributed by atoms with Gasteiger partial charge in [0.15, 0.2) is 5.69 Å². The van der Waals surface area contributed by atoms with E-state index in [9.17, 15) is 4.79 Å². The zero-order chi connectivity index (χ0) is 15.8. The van der Waals surface area contributed by atoms with Gasteiger partial charge in [0.2, 0.25) is 0 Å². The summed E-state index contributed by atoms with van der Waals surface area (Å²) in [5.41, 5.74) is 1.60. The van der Waals surface area contributed by atoms with Crippen LogP contribution in [-0.4, -0.2) is 30.2 Å². The third-order valence-electron chi connectivity index (χ3n) is 4.79. The molecule has 0 radical (unpaired) electrons. The lowest BCUT2D eigenvalue weighted by molar-refractivity contribution is 0.0924. The minimum atomic E-state index is -0.132. The van der Waals surface area contributed by atoms with Crippen LogP contribution < -0.4 is 10.2 Å². The normalized spacial score (nSPS) is 24.0. The number of nitrogens with zero attached hydrogens (tertiary/aromatic N) is 2. The molecule has 4 rings (SSSR count). The van der Waals surface area contributed by atoms with Gasteiger partial charge in [-0.1, -0.05) is 30.3 Å². The molecule has 0 spiro atoms. The molecule has 5 nitrogen and oxygen atoms in total. The number of hydrogen-bond acceptors (Lipinski definition) is 4. The second-order valence-electron chi connectivity index (χ2n) is 6.69. The zero-order valence-electron chi connectivity index (χ0n) is 13.2. The molecule has 120 valence electrons. The molecule has 2 fully saturated rings. The van der Waals surface area contributed by atoms with E-state index < -0.39 is 0 Å². The van der Waals surface area contributed by atoms with Crippen molar-refractivity contribution in [1.82, 2.24) is 10.5 Å². The van der Waals surface area contributed by atoms with Crippen molar-refractivity contribution < 1.29 is 9.32 Å². The van der Waals surface area contributed by atoms with Crippen LogP contribution in [0.15, 0.2) is 40.9 Å². The van der Waals surface area contributed by atoms with Gasteiger partial charge >= 0.3 is 0 Å². The Labute approximate surface area is 135 Å². The molecule has 1 aliphatic heterocycles. The lowest BCUT2D eigenvalue weighted by atomic mass is 10.1. The summed E-state index contributed by atoms with van der Waals surface area (Å²) in [4.78, 5) is 14.7. The predicted octanol–water partition coefficient (Wildman–Crippen LogP) is 2.81. The van der Waals surface area contributed by atoms with Crippen LogP contribution in [0.4, 0.5) is 5.69 Å². The second kappa shape index (κ2) is 5.72. The summed E-state index contributed by atoms with van der Waals surface area (Å²) in [6, 6.07) is 12.2. The monoisotopic (exact) mass is 311 g/mol. The van der Waals surface area contributed by atoms with Crippen LogP contribution in [0.2, 0.25) is 0 Å². The summed E-state index contributed by atoms with van der Waals surface area (Å²) in [6.07, 6.45) is 2.28. The van der Waals surface area contributed by atoms with Crippen LogP contribution in [0.25, 0.3) is 0 Å². The molecule has 1 amide bonds. The van der Waals surface area contributed by atoms with Crippen molar-refractivity contribution in [3.63, 3.8) is 0 Å². The third kappa shape index (κ3) is 2.96. The molecular weight excluding hydrogens is 290 g/mol. The van der Waals surface area contributed by atoms with Crippen molar-refractivity contribution in [2.45, 2.75) is 31.7 Å². The molecule has 1 aromatic carbocycles. The number of rotatable bonds is 4. The van der Waals surface area contributed by atoms with Crippen molar-refractivity contribution in [2.75, 3.05) is 18.0 Å². The van der Waals surface area contributed by atoms with E-state index in [-0.39, 0.29) is 11.9 Å². The Morgan fingerprint density at radius 2 is 2.04 bits per heavy atom. The molecule has 1 saturated carbocycles. The van der Waals surface area contributed by atoms with Crippen LogP contribution in [0.3, 0.4) is 0 Å².